The van der Waals surface area contributed by atoms with Crippen LogP contribution in [0.3, 0.4) is 0 Å². The van der Waals surface area contributed by atoms with Gasteiger partial charge in [0, 0.05) is 14.1 Å². The molecular weight excluding hydrogens is 452 g/mol. The standard InChI is InChI=1S/C25H38N4O6/c1-6-34-22(30)16-28(25(33)35-17-19-11-8-7-9-12-19)24(32)21(15-18(2)3)29(27(4)5)23(31)20-13-10-14-26-20/h7-9,11-12,18,20-21,26H,6,10,13-17H2,1-5H3/t20-,21-/m0/s1. The molecule has 1 saturated heterocycles. The highest BCUT2D eigenvalue weighted by Crippen LogP contribution is 2.20. The third kappa shape index (κ3) is 8.32. The Hall–Kier alpha value is -2.98. The van der Waals surface area contributed by atoms with Gasteiger partial charge in [-0.15, -0.1) is 0 Å². The Bertz CT molecular complexity index is 855. The summed E-state index contributed by atoms with van der Waals surface area (Å²) in [5.74, 6) is -1.65. The summed E-state index contributed by atoms with van der Waals surface area (Å²) in [6, 6.07) is 7.61. The number of imide groups is 1. The van der Waals surface area contributed by atoms with Crippen molar-refractivity contribution in [3.05, 3.63) is 35.9 Å². The van der Waals surface area contributed by atoms with Gasteiger partial charge in [0.25, 0.3) is 11.8 Å². The topological polar surface area (TPSA) is 108 Å². The van der Waals surface area contributed by atoms with Crippen LogP contribution in [0.1, 0.15) is 45.6 Å². The largest absolute Gasteiger partial charge is 0.465 e. The lowest BCUT2D eigenvalue weighted by atomic mass is 10.0. The van der Waals surface area contributed by atoms with Crippen LogP contribution in [0.5, 0.6) is 0 Å². The summed E-state index contributed by atoms with van der Waals surface area (Å²) in [5, 5.41) is 6.11. The van der Waals surface area contributed by atoms with Crippen LogP contribution in [0.4, 0.5) is 4.79 Å². The first-order valence-corrected chi connectivity index (χ1v) is 12.1. The predicted octanol–water partition coefficient (Wildman–Crippen LogP) is 2.19. The first kappa shape index (κ1) is 28.3. The number of rotatable bonds is 11. The Kier molecular flexibility index (Phi) is 11.1. The van der Waals surface area contributed by atoms with Crippen molar-refractivity contribution in [2.45, 2.75) is 58.7 Å². The Labute approximate surface area is 207 Å². The smallest absolute Gasteiger partial charge is 0.417 e. The minimum absolute atomic E-state index is 0.0283. The van der Waals surface area contributed by atoms with E-state index >= 15 is 0 Å². The molecule has 0 unspecified atom stereocenters. The summed E-state index contributed by atoms with van der Waals surface area (Å²) in [6.07, 6.45) is 0.852. The van der Waals surface area contributed by atoms with E-state index in [-0.39, 0.29) is 25.0 Å². The van der Waals surface area contributed by atoms with E-state index < -0.39 is 36.6 Å². The van der Waals surface area contributed by atoms with Gasteiger partial charge in [-0.2, -0.15) is 0 Å². The maximum atomic E-state index is 13.8. The van der Waals surface area contributed by atoms with E-state index in [1.165, 1.54) is 5.01 Å². The Balaban J connectivity index is 2.34. The summed E-state index contributed by atoms with van der Waals surface area (Å²) in [7, 11) is 3.35. The number of carbonyl (C=O) groups is 4. The van der Waals surface area contributed by atoms with Crippen LogP contribution in [-0.4, -0.2) is 84.7 Å². The second kappa shape index (κ2) is 13.8. The number of nitrogens with one attached hydrogen (secondary N) is 1. The monoisotopic (exact) mass is 490 g/mol. The van der Waals surface area contributed by atoms with E-state index in [9.17, 15) is 19.2 Å². The lowest BCUT2D eigenvalue weighted by Gasteiger charge is -2.39. The minimum Gasteiger partial charge on any atom is -0.465 e. The van der Waals surface area contributed by atoms with Crippen molar-refractivity contribution in [1.82, 2.24) is 20.2 Å². The highest BCUT2D eigenvalue weighted by molar-refractivity contribution is 5.99. The quantitative estimate of drug-likeness (QED) is 0.371. The molecule has 0 aromatic heterocycles. The van der Waals surface area contributed by atoms with E-state index in [4.69, 9.17) is 9.47 Å². The molecule has 0 aliphatic carbocycles. The number of esters is 1. The van der Waals surface area contributed by atoms with Gasteiger partial charge in [-0.05, 0) is 44.2 Å². The summed E-state index contributed by atoms with van der Waals surface area (Å²) in [6.45, 7) is 5.65. The summed E-state index contributed by atoms with van der Waals surface area (Å²) in [5.41, 5.74) is 0.737. The van der Waals surface area contributed by atoms with Crippen LogP contribution in [0.2, 0.25) is 0 Å². The first-order chi connectivity index (χ1) is 16.6. The van der Waals surface area contributed by atoms with Gasteiger partial charge in [-0.1, -0.05) is 44.2 Å². The van der Waals surface area contributed by atoms with Gasteiger partial charge in [0.2, 0.25) is 0 Å². The average molecular weight is 491 g/mol. The maximum Gasteiger partial charge on any atom is 0.417 e. The second-order valence-electron chi connectivity index (χ2n) is 9.09. The lowest BCUT2D eigenvalue weighted by molar-refractivity contribution is -0.163. The number of amides is 3. The van der Waals surface area contributed by atoms with Crippen LogP contribution in [0, 0.1) is 5.92 Å². The Morgan fingerprint density at radius 1 is 1.09 bits per heavy atom. The van der Waals surface area contributed by atoms with Crippen molar-refractivity contribution < 1.29 is 28.7 Å². The van der Waals surface area contributed by atoms with Crippen molar-refractivity contribution in [3.8, 4) is 0 Å². The number of benzene rings is 1. The SMILES string of the molecule is CCOC(=O)CN(C(=O)OCc1ccccc1)C(=O)[C@H](CC(C)C)N(C(=O)[C@@H]1CCCN1)N(C)C. The highest BCUT2D eigenvalue weighted by atomic mass is 16.6. The number of hydrazine groups is 1. The van der Waals surface area contributed by atoms with E-state index in [2.05, 4.69) is 5.32 Å². The van der Waals surface area contributed by atoms with Gasteiger partial charge < -0.3 is 14.8 Å². The zero-order chi connectivity index (χ0) is 26.0. The van der Waals surface area contributed by atoms with Crippen LogP contribution in [0.15, 0.2) is 30.3 Å². The molecule has 1 fully saturated rings. The molecule has 1 aliphatic heterocycles. The van der Waals surface area contributed by atoms with Gasteiger partial charge in [0.05, 0.1) is 12.6 Å². The number of carbonyl (C=O) groups excluding carboxylic acids is 4. The van der Waals surface area contributed by atoms with Crippen molar-refractivity contribution in [2.24, 2.45) is 5.92 Å². The molecule has 10 nitrogen and oxygen atoms in total. The first-order valence-electron chi connectivity index (χ1n) is 12.1. The zero-order valence-electron chi connectivity index (χ0n) is 21.4. The molecule has 1 aromatic rings. The number of hydrogen-bond acceptors (Lipinski definition) is 8. The van der Waals surface area contributed by atoms with Crippen LogP contribution in [0.25, 0.3) is 0 Å². The Morgan fingerprint density at radius 2 is 1.77 bits per heavy atom. The number of hydrogen-bond donors (Lipinski definition) is 1. The number of nitrogens with zero attached hydrogens (tertiary/aromatic N) is 3. The van der Waals surface area contributed by atoms with Crippen LogP contribution >= 0.6 is 0 Å². The van der Waals surface area contributed by atoms with Gasteiger partial charge in [-0.25, -0.2) is 14.7 Å². The fourth-order valence-electron chi connectivity index (χ4n) is 3.98. The maximum absolute atomic E-state index is 13.8. The van der Waals surface area contributed by atoms with Crippen LogP contribution < -0.4 is 5.32 Å². The summed E-state index contributed by atoms with van der Waals surface area (Å²) >= 11 is 0. The summed E-state index contributed by atoms with van der Waals surface area (Å²) < 4.78 is 10.4. The van der Waals surface area contributed by atoms with Crippen molar-refractivity contribution in [1.29, 1.82) is 0 Å². The average Bonchev–Trinajstić information content (AvgIpc) is 3.35. The van der Waals surface area contributed by atoms with Gasteiger partial charge >= 0.3 is 12.1 Å². The normalized spacial score (nSPS) is 16.1. The van der Waals surface area contributed by atoms with Crippen molar-refractivity contribution >= 4 is 23.9 Å². The summed E-state index contributed by atoms with van der Waals surface area (Å²) in [4.78, 5) is 53.3. The zero-order valence-corrected chi connectivity index (χ0v) is 21.4. The van der Waals surface area contributed by atoms with E-state index in [1.54, 1.807) is 50.3 Å². The molecule has 1 heterocycles. The molecule has 1 N–H and O–H groups in total. The number of ether oxygens (including phenoxy) is 2. The molecule has 194 valence electrons. The molecule has 35 heavy (non-hydrogen) atoms. The van der Waals surface area contributed by atoms with Crippen LogP contribution in [-0.2, 0) is 30.5 Å². The minimum atomic E-state index is -1.00. The second-order valence-corrected chi connectivity index (χ2v) is 9.09. The van der Waals surface area contributed by atoms with Gasteiger partial charge in [-0.3, -0.25) is 19.4 Å². The highest BCUT2D eigenvalue weighted by Gasteiger charge is 2.41. The van der Waals surface area contributed by atoms with E-state index in [0.29, 0.717) is 12.8 Å². The molecular formula is C25H38N4O6. The molecule has 0 radical (unpaired) electrons. The lowest BCUT2D eigenvalue weighted by Crippen LogP contribution is -2.60. The Morgan fingerprint density at radius 3 is 2.31 bits per heavy atom. The van der Waals surface area contributed by atoms with Gasteiger partial charge in [0.1, 0.15) is 19.2 Å². The van der Waals surface area contributed by atoms with E-state index in [0.717, 1.165) is 23.4 Å². The molecule has 1 aliphatic rings. The molecule has 1 aromatic carbocycles. The molecule has 2 atom stereocenters. The van der Waals surface area contributed by atoms with Crippen molar-refractivity contribution in [2.75, 3.05) is 33.8 Å². The van der Waals surface area contributed by atoms with Gasteiger partial charge in [0.15, 0.2) is 0 Å². The third-order valence-electron chi connectivity index (χ3n) is 5.57. The molecule has 0 saturated carbocycles. The third-order valence-corrected chi connectivity index (χ3v) is 5.57. The molecule has 0 bridgehead atoms. The molecule has 2 rings (SSSR count). The van der Waals surface area contributed by atoms with E-state index in [1.807, 2.05) is 19.9 Å². The van der Waals surface area contributed by atoms with Crippen molar-refractivity contribution in [3.63, 3.8) is 0 Å². The molecule has 3 amide bonds. The fourth-order valence-corrected chi connectivity index (χ4v) is 3.98. The molecule has 0 spiro atoms. The molecule has 10 heteroatoms. The predicted molar refractivity (Wildman–Crippen MR) is 130 cm³/mol. The fraction of sp³-hybridized carbons (Fsp3) is 0.600.